The van der Waals surface area contributed by atoms with E-state index in [9.17, 15) is 4.79 Å². The lowest BCUT2D eigenvalue weighted by atomic mass is 9.85. The van der Waals surface area contributed by atoms with E-state index in [1.54, 1.807) is 0 Å². The summed E-state index contributed by atoms with van der Waals surface area (Å²) in [6.45, 7) is 2.12. The Morgan fingerprint density at radius 2 is 1.89 bits per heavy atom. The van der Waals surface area contributed by atoms with Gasteiger partial charge >= 0.3 is 0 Å². The highest BCUT2D eigenvalue weighted by atomic mass is 16.1. The van der Waals surface area contributed by atoms with E-state index < -0.39 is 0 Å². The zero-order valence-electron chi connectivity index (χ0n) is 11.2. The highest BCUT2D eigenvalue weighted by Gasteiger charge is 2.17. The molecule has 1 aromatic rings. The summed E-state index contributed by atoms with van der Waals surface area (Å²) >= 11 is 0. The summed E-state index contributed by atoms with van der Waals surface area (Å²) in [7, 11) is 0. The van der Waals surface area contributed by atoms with E-state index in [2.05, 4.69) is 12.2 Å². The molecule has 0 unspecified atom stereocenters. The predicted octanol–water partition coefficient (Wildman–Crippen LogP) is 3.78. The van der Waals surface area contributed by atoms with Crippen molar-refractivity contribution in [3.8, 4) is 0 Å². The third-order valence-electron chi connectivity index (χ3n) is 3.83. The van der Waals surface area contributed by atoms with Crippen LogP contribution >= 0.6 is 0 Å². The second kappa shape index (κ2) is 6.58. The zero-order chi connectivity index (χ0) is 12.8. The Kier molecular flexibility index (Phi) is 4.80. The number of hydrogen-bond acceptors (Lipinski definition) is 1. The van der Waals surface area contributed by atoms with Gasteiger partial charge in [-0.1, -0.05) is 50.3 Å². The Hall–Kier alpha value is -1.31. The molecule has 1 atom stereocenters. The molecule has 0 radical (unpaired) electrons. The van der Waals surface area contributed by atoms with Crippen LogP contribution in [0.1, 0.15) is 55.8 Å². The van der Waals surface area contributed by atoms with Crippen molar-refractivity contribution in [2.45, 2.75) is 51.5 Å². The van der Waals surface area contributed by atoms with Crippen LogP contribution in [0.2, 0.25) is 0 Å². The van der Waals surface area contributed by atoms with E-state index in [0.29, 0.717) is 0 Å². The molecule has 1 fully saturated rings. The summed E-state index contributed by atoms with van der Waals surface area (Å²) in [5, 5.41) is 3.10. The Morgan fingerprint density at radius 3 is 2.56 bits per heavy atom. The number of carbonyl (C=O) groups excluding carboxylic acids is 1. The van der Waals surface area contributed by atoms with Crippen molar-refractivity contribution >= 4 is 5.91 Å². The minimum absolute atomic E-state index is 0.0545. The van der Waals surface area contributed by atoms with Crippen molar-refractivity contribution in [1.29, 1.82) is 0 Å². The van der Waals surface area contributed by atoms with Gasteiger partial charge in [0.05, 0.1) is 0 Å². The maximum atomic E-state index is 12.0. The van der Waals surface area contributed by atoms with Crippen LogP contribution in [0.4, 0.5) is 0 Å². The topological polar surface area (TPSA) is 29.1 Å². The number of carbonyl (C=O) groups is 1. The Labute approximate surface area is 110 Å². The highest BCUT2D eigenvalue weighted by Crippen LogP contribution is 2.27. The van der Waals surface area contributed by atoms with Gasteiger partial charge < -0.3 is 5.32 Å². The van der Waals surface area contributed by atoms with Crippen molar-refractivity contribution in [2.24, 2.45) is 5.92 Å². The molecule has 0 heterocycles. The van der Waals surface area contributed by atoms with Gasteiger partial charge in [0.2, 0.25) is 0 Å². The van der Waals surface area contributed by atoms with E-state index in [1.165, 1.54) is 32.1 Å². The third kappa shape index (κ3) is 3.86. The van der Waals surface area contributed by atoms with Crippen LogP contribution in [-0.2, 0) is 0 Å². The van der Waals surface area contributed by atoms with Gasteiger partial charge in [-0.15, -0.1) is 0 Å². The van der Waals surface area contributed by atoms with Gasteiger partial charge in [-0.05, 0) is 31.4 Å². The summed E-state index contributed by atoms with van der Waals surface area (Å²) in [6, 6.07) is 9.75. The van der Waals surface area contributed by atoms with Crippen molar-refractivity contribution in [2.75, 3.05) is 0 Å². The van der Waals surface area contributed by atoms with Gasteiger partial charge in [0.25, 0.3) is 5.91 Å². The number of hydrogen-bond donors (Lipinski definition) is 1. The summed E-state index contributed by atoms with van der Waals surface area (Å²) < 4.78 is 0. The lowest BCUT2D eigenvalue weighted by molar-refractivity contribution is 0.0933. The molecule has 0 aliphatic heterocycles. The molecule has 0 bridgehead atoms. The minimum atomic E-state index is 0.0545. The molecule has 0 spiro atoms. The van der Waals surface area contributed by atoms with E-state index in [0.717, 1.165) is 17.9 Å². The van der Waals surface area contributed by atoms with Gasteiger partial charge in [0.1, 0.15) is 0 Å². The quantitative estimate of drug-likeness (QED) is 0.859. The Balaban J connectivity index is 1.80. The van der Waals surface area contributed by atoms with Gasteiger partial charge in [-0.3, -0.25) is 4.79 Å². The van der Waals surface area contributed by atoms with Crippen LogP contribution in [0.3, 0.4) is 0 Å². The summed E-state index contributed by atoms with van der Waals surface area (Å²) in [6.07, 6.45) is 7.92. The molecule has 1 amide bonds. The van der Waals surface area contributed by atoms with Crippen molar-refractivity contribution in [3.63, 3.8) is 0 Å². The van der Waals surface area contributed by atoms with Crippen molar-refractivity contribution in [3.05, 3.63) is 35.9 Å². The largest absolute Gasteiger partial charge is 0.350 e. The highest BCUT2D eigenvalue weighted by molar-refractivity contribution is 5.94. The maximum absolute atomic E-state index is 12.0. The van der Waals surface area contributed by atoms with Crippen LogP contribution in [-0.4, -0.2) is 11.9 Å². The normalized spacial score (nSPS) is 18.3. The Bertz CT molecular complexity index is 368. The molecule has 2 nitrogen and oxygen atoms in total. The first-order valence-electron chi connectivity index (χ1n) is 7.11. The van der Waals surface area contributed by atoms with Crippen LogP contribution in [0, 0.1) is 5.92 Å². The molecule has 1 aliphatic rings. The maximum Gasteiger partial charge on any atom is 0.251 e. The van der Waals surface area contributed by atoms with Crippen LogP contribution in [0.15, 0.2) is 30.3 Å². The molecule has 1 aromatic carbocycles. The number of nitrogens with one attached hydrogen (secondary N) is 1. The molecule has 2 rings (SSSR count). The lowest BCUT2D eigenvalue weighted by Crippen LogP contribution is -2.34. The monoisotopic (exact) mass is 245 g/mol. The third-order valence-corrected chi connectivity index (χ3v) is 3.83. The molecule has 1 N–H and O–H groups in total. The van der Waals surface area contributed by atoms with E-state index in [4.69, 9.17) is 0 Å². The number of benzene rings is 1. The van der Waals surface area contributed by atoms with Crippen LogP contribution in [0.25, 0.3) is 0 Å². The molecule has 18 heavy (non-hydrogen) atoms. The Morgan fingerprint density at radius 1 is 1.22 bits per heavy atom. The van der Waals surface area contributed by atoms with Crippen molar-refractivity contribution < 1.29 is 4.79 Å². The lowest BCUT2D eigenvalue weighted by Gasteiger charge is -2.25. The molecule has 1 saturated carbocycles. The fourth-order valence-corrected chi connectivity index (χ4v) is 2.88. The second-order valence-corrected chi connectivity index (χ2v) is 5.48. The first-order valence-corrected chi connectivity index (χ1v) is 7.11. The van der Waals surface area contributed by atoms with Gasteiger partial charge in [0, 0.05) is 11.6 Å². The first-order chi connectivity index (χ1) is 8.75. The molecule has 2 heteroatoms. The summed E-state index contributed by atoms with van der Waals surface area (Å²) in [4.78, 5) is 12.0. The second-order valence-electron chi connectivity index (χ2n) is 5.48. The van der Waals surface area contributed by atoms with Crippen LogP contribution in [0.5, 0.6) is 0 Å². The minimum Gasteiger partial charge on any atom is -0.350 e. The molecule has 0 saturated heterocycles. The van der Waals surface area contributed by atoms with E-state index in [-0.39, 0.29) is 11.9 Å². The number of rotatable bonds is 4. The summed E-state index contributed by atoms with van der Waals surface area (Å²) in [5.74, 6) is 0.865. The first kappa shape index (κ1) is 13.1. The van der Waals surface area contributed by atoms with Gasteiger partial charge in [-0.2, -0.15) is 0 Å². The molecule has 98 valence electrons. The van der Waals surface area contributed by atoms with Gasteiger partial charge in [-0.25, -0.2) is 0 Å². The molecule has 1 aliphatic carbocycles. The fraction of sp³-hybridized carbons (Fsp3) is 0.562. The van der Waals surface area contributed by atoms with E-state index in [1.807, 2.05) is 30.3 Å². The standard InChI is InChI=1S/C16H23NO/c1-13(12-14-8-4-2-5-9-14)17-16(18)15-10-6-3-7-11-15/h3,6-7,10-11,13-14H,2,4-5,8-9,12H2,1H3,(H,17,18)/t13-/m1/s1. The summed E-state index contributed by atoms with van der Waals surface area (Å²) in [5.41, 5.74) is 0.757. The molecular weight excluding hydrogens is 222 g/mol. The average Bonchev–Trinajstić information content (AvgIpc) is 2.40. The fourth-order valence-electron chi connectivity index (χ4n) is 2.88. The smallest absolute Gasteiger partial charge is 0.251 e. The van der Waals surface area contributed by atoms with E-state index >= 15 is 0 Å². The predicted molar refractivity (Wildman–Crippen MR) is 74.6 cm³/mol. The molecule has 0 aromatic heterocycles. The SMILES string of the molecule is C[C@H](CC1CCCCC1)NC(=O)c1ccccc1. The van der Waals surface area contributed by atoms with Crippen LogP contribution < -0.4 is 5.32 Å². The molecular formula is C16H23NO. The zero-order valence-corrected chi connectivity index (χ0v) is 11.2. The van der Waals surface area contributed by atoms with Gasteiger partial charge in [0.15, 0.2) is 0 Å². The van der Waals surface area contributed by atoms with Crippen molar-refractivity contribution in [1.82, 2.24) is 5.32 Å². The average molecular weight is 245 g/mol. The number of amides is 1.